The molecule has 1 aromatic rings. The van der Waals surface area contributed by atoms with Crippen LogP contribution in [0, 0.1) is 6.92 Å². The number of aromatic amines is 1. The van der Waals surface area contributed by atoms with Crippen molar-refractivity contribution in [1.82, 2.24) is 14.2 Å². The number of nitrogens with zero attached hydrogens (tertiary/aromatic N) is 2. The van der Waals surface area contributed by atoms with Crippen LogP contribution in [0.2, 0.25) is 0 Å². The minimum atomic E-state index is -3.53. The molecule has 20 heavy (non-hydrogen) atoms. The first-order valence-electron chi connectivity index (χ1n) is 6.80. The molecule has 0 amide bonds. The van der Waals surface area contributed by atoms with Crippen molar-refractivity contribution in [2.45, 2.75) is 37.4 Å². The van der Waals surface area contributed by atoms with Crippen LogP contribution in [0.5, 0.6) is 0 Å². The van der Waals surface area contributed by atoms with Crippen LogP contribution < -0.4 is 4.87 Å². The highest BCUT2D eigenvalue weighted by Gasteiger charge is 2.32. The number of hydrogen-bond acceptors (Lipinski definition) is 5. The van der Waals surface area contributed by atoms with E-state index in [0.29, 0.717) is 24.8 Å². The van der Waals surface area contributed by atoms with E-state index < -0.39 is 10.0 Å². The Balaban J connectivity index is 2.14. The highest BCUT2D eigenvalue weighted by molar-refractivity contribution is 7.91. The normalized spacial score (nSPS) is 20.1. The molecule has 1 aromatic heterocycles. The molecule has 0 bridgehead atoms. The van der Waals surface area contributed by atoms with E-state index in [0.717, 1.165) is 30.8 Å². The van der Waals surface area contributed by atoms with Crippen molar-refractivity contribution in [2.24, 2.45) is 0 Å². The van der Waals surface area contributed by atoms with Gasteiger partial charge in [0.2, 0.25) is 0 Å². The summed E-state index contributed by atoms with van der Waals surface area (Å²) >= 11 is 0.772. The van der Waals surface area contributed by atoms with E-state index in [4.69, 9.17) is 0 Å². The topological polar surface area (TPSA) is 73.5 Å². The lowest BCUT2D eigenvalue weighted by molar-refractivity contribution is 0.143. The molecule has 6 nitrogen and oxygen atoms in total. The SMILES string of the molecule is CCC(C)N1CCN(S(=O)(=O)c2sc(=O)[nH]c2C)CC1. The first-order valence-corrected chi connectivity index (χ1v) is 9.05. The number of sulfonamides is 1. The number of thiazole rings is 1. The third-order valence-electron chi connectivity index (χ3n) is 3.84. The van der Waals surface area contributed by atoms with Crippen molar-refractivity contribution < 1.29 is 8.42 Å². The molecule has 0 aliphatic carbocycles. The summed E-state index contributed by atoms with van der Waals surface area (Å²) in [5.41, 5.74) is 0.435. The first-order chi connectivity index (χ1) is 9.36. The van der Waals surface area contributed by atoms with Crippen molar-refractivity contribution in [3.8, 4) is 0 Å². The molecule has 2 rings (SSSR count). The number of piperazine rings is 1. The Morgan fingerprint density at radius 1 is 1.30 bits per heavy atom. The third-order valence-corrected chi connectivity index (χ3v) is 7.32. The lowest BCUT2D eigenvalue weighted by Crippen LogP contribution is -2.51. The van der Waals surface area contributed by atoms with Crippen molar-refractivity contribution in [3.63, 3.8) is 0 Å². The largest absolute Gasteiger partial charge is 0.315 e. The average Bonchev–Trinajstić information content (AvgIpc) is 2.77. The molecule has 1 unspecified atom stereocenters. The molecule has 1 fully saturated rings. The van der Waals surface area contributed by atoms with E-state index in [2.05, 4.69) is 23.7 Å². The van der Waals surface area contributed by atoms with Gasteiger partial charge in [0.1, 0.15) is 0 Å². The molecule has 1 N–H and O–H groups in total. The van der Waals surface area contributed by atoms with Crippen molar-refractivity contribution >= 4 is 21.4 Å². The summed E-state index contributed by atoms with van der Waals surface area (Å²) < 4.78 is 26.7. The molecular formula is C12H21N3O3S2. The second kappa shape index (κ2) is 5.97. The van der Waals surface area contributed by atoms with Crippen molar-refractivity contribution in [2.75, 3.05) is 26.2 Å². The molecule has 0 spiro atoms. The van der Waals surface area contributed by atoms with Gasteiger partial charge >= 0.3 is 4.87 Å². The number of aryl methyl sites for hydroxylation is 1. The predicted molar refractivity (Wildman–Crippen MR) is 79.8 cm³/mol. The fourth-order valence-electron chi connectivity index (χ4n) is 2.40. The molecule has 1 atom stereocenters. The average molecular weight is 319 g/mol. The summed E-state index contributed by atoms with van der Waals surface area (Å²) in [4.78, 5) is 15.8. The van der Waals surface area contributed by atoms with Crippen LogP contribution in [-0.4, -0.2) is 54.8 Å². The molecule has 0 radical (unpaired) electrons. The Labute approximate surface area is 123 Å². The van der Waals surface area contributed by atoms with E-state index in [9.17, 15) is 13.2 Å². The zero-order valence-corrected chi connectivity index (χ0v) is 13.7. The Morgan fingerprint density at radius 3 is 2.35 bits per heavy atom. The van der Waals surface area contributed by atoms with Crippen LogP contribution in [0.4, 0.5) is 0 Å². The van der Waals surface area contributed by atoms with Crippen molar-refractivity contribution in [3.05, 3.63) is 15.4 Å². The van der Waals surface area contributed by atoms with Crippen LogP contribution in [0.1, 0.15) is 26.0 Å². The van der Waals surface area contributed by atoms with Crippen LogP contribution in [-0.2, 0) is 10.0 Å². The van der Waals surface area contributed by atoms with E-state index in [1.54, 1.807) is 6.92 Å². The summed E-state index contributed by atoms with van der Waals surface area (Å²) in [6, 6.07) is 0.477. The van der Waals surface area contributed by atoms with Gasteiger partial charge in [-0.05, 0) is 20.3 Å². The molecule has 1 aliphatic heterocycles. The monoisotopic (exact) mass is 319 g/mol. The lowest BCUT2D eigenvalue weighted by atomic mass is 10.2. The quantitative estimate of drug-likeness (QED) is 0.893. The van der Waals surface area contributed by atoms with Gasteiger partial charge in [-0.2, -0.15) is 4.31 Å². The van der Waals surface area contributed by atoms with Gasteiger partial charge in [0.15, 0.2) is 4.21 Å². The van der Waals surface area contributed by atoms with Gasteiger partial charge < -0.3 is 4.98 Å². The molecule has 0 aromatic carbocycles. The highest BCUT2D eigenvalue weighted by atomic mass is 32.2. The zero-order chi connectivity index (χ0) is 14.9. The van der Waals surface area contributed by atoms with E-state index >= 15 is 0 Å². The van der Waals surface area contributed by atoms with Gasteiger partial charge in [-0.3, -0.25) is 9.69 Å². The third kappa shape index (κ3) is 2.98. The maximum Gasteiger partial charge on any atom is 0.305 e. The molecule has 1 aliphatic rings. The standard InChI is InChI=1S/C12H21N3O3S2/c1-4-9(2)14-5-7-15(8-6-14)20(17,18)11-10(3)13-12(16)19-11/h9H,4-8H2,1-3H3,(H,13,16). The number of nitrogens with one attached hydrogen (secondary N) is 1. The minimum Gasteiger partial charge on any atom is -0.315 e. The fraction of sp³-hybridized carbons (Fsp3) is 0.750. The Morgan fingerprint density at radius 2 is 1.90 bits per heavy atom. The van der Waals surface area contributed by atoms with Gasteiger partial charge in [-0.1, -0.05) is 18.3 Å². The second-order valence-corrected chi connectivity index (χ2v) is 8.24. The summed E-state index contributed by atoms with van der Waals surface area (Å²) in [5, 5.41) is 0. The van der Waals surface area contributed by atoms with Gasteiger partial charge in [-0.25, -0.2) is 8.42 Å². The van der Waals surface area contributed by atoms with Gasteiger partial charge in [0.25, 0.3) is 10.0 Å². The maximum atomic E-state index is 12.5. The predicted octanol–water partition coefficient (Wildman–Crippen LogP) is 0.850. The molecule has 2 heterocycles. The smallest absolute Gasteiger partial charge is 0.305 e. The van der Waals surface area contributed by atoms with Crippen LogP contribution in [0.3, 0.4) is 0 Å². The zero-order valence-electron chi connectivity index (χ0n) is 12.0. The second-order valence-electron chi connectivity index (χ2n) is 5.12. The summed E-state index contributed by atoms with van der Waals surface area (Å²) in [6.07, 6.45) is 1.06. The molecular weight excluding hydrogens is 298 g/mol. The first kappa shape index (κ1) is 15.7. The Kier molecular flexibility index (Phi) is 4.68. The molecule has 0 saturated carbocycles. The van der Waals surface area contributed by atoms with Crippen molar-refractivity contribution in [1.29, 1.82) is 0 Å². The lowest BCUT2D eigenvalue weighted by Gasteiger charge is -2.36. The van der Waals surface area contributed by atoms with Gasteiger partial charge in [0, 0.05) is 37.9 Å². The summed E-state index contributed by atoms with van der Waals surface area (Å²) in [5.74, 6) is 0. The molecule has 1 saturated heterocycles. The fourth-order valence-corrected chi connectivity index (χ4v) is 5.25. The number of rotatable bonds is 4. The summed E-state index contributed by atoms with van der Waals surface area (Å²) in [6.45, 7) is 8.37. The molecule has 114 valence electrons. The Bertz CT molecular complexity index is 612. The highest BCUT2D eigenvalue weighted by Crippen LogP contribution is 2.22. The summed E-state index contributed by atoms with van der Waals surface area (Å²) in [7, 11) is -3.53. The van der Waals surface area contributed by atoms with Crippen LogP contribution in [0.15, 0.2) is 9.00 Å². The van der Waals surface area contributed by atoms with E-state index in [1.165, 1.54) is 4.31 Å². The van der Waals surface area contributed by atoms with Crippen LogP contribution >= 0.6 is 11.3 Å². The van der Waals surface area contributed by atoms with Gasteiger partial charge in [0.05, 0.1) is 0 Å². The number of hydrogen-bond donors (Lipinski definition) is 1. The Hall–Kier alpha value is -0.700. The maximum absolute atomic E-state index is 12.5. The molecule has 8 heteroatoms. The minimum absolute atomic E-state index is 0.152. The number of H-pyrrole nitrogens is 1. The van der Waals surface area contributed by atoms with E-state index in [1.807, 2.05) is 0 Å². The van der Waals surface area contributed by atoms with Gasteiger partial charge in [-0.15, -0.1) is 0 Å². The van der Waals surface area contributed by atoms with Crippen LogP contribution in [0.25, 0.3) is 0 Å². The number of aromatic nitrogens is 1. The van der Waals surface area contributed by atoms with E-state index in [-0.39, 0.29) is 9.08 Å².